The molecule has 2 aliphatic rings. The summed E-state index contributed by atoms with van der Waals surface area (Å²) in [6, 6.07) is 17.9. The van der Waals surface area contributed by atoms with E-state index in [2.05, 4.69) is 22.6 Å². The Balaban J connectivity index is 1.49. The molecule has 6 rings (SSSR count). The van der Waals surface area contributed by atoms with Crippen LogP contribution in [0, 0.1) is 6.92 Å². The molecule has 0 saturated heterocycles. The van der Waals surface area contributed by atoms with Gasteiger partial charge in [0.15, 0.2) is 0 Å². The third-order valence-corrected chi connectivity index (χ3v) is 7.50. The molecule has 7 heteroatoms. The number of nitrogens with one attached hydrogen (secondary N) is 1. The van der Waals surface area contributed by atoms with E-state index in [9.17, 15) is 4.79 Å². The Hall–Kier alpha value is -3.71. The lowest BCUT2D eigenvalue weighted by molar-refractivity contribution is 0.244. The maximum atomic E-state index is 13.4. The van der Waals surface area contributed by atoms with Crippen LogP contribution in [0.3, 0.4) is 0 Å². The molecular formula is C27H24N4O2S. The highest BCUT2D eigenvalue weighted by Gasteiger charge is 2.36. The molecule has 1 aliphatic carbocycles. The van der Waals surface area contributed by atoms with Crippen LogP contribution in [0.25, 0.3) is 16.3 Å². The largest absolute Gasteiger partial charge is 0.334 e. The van der Waals surface area contributed by atoms with Crippen LogP contribution < -0.4 is 10.2 Å². The van der Waals surface area contributed by atoms with E-state index < -0.39 is 6.04 Å². The van der Waals surface area contributed by atoms with Crippen LogP contribution in [0.15, 0.2) is 70.2 Å². The first-order valence-corrected chi connectivity index (χ1v) is 12.3. The number of nitrogens with zero attached hydrogens (tertiary/aromatic N) is 3. The first kappa shape index (κ1) is 20.9. The summed E-state index contributed by atoms with van der Waals surface area (Å²) in [5, 5.41) is 9.42. The fourth-order valence-corrected chi connectivity index (χ4v) is 5.53. The molecule has 2 amide bonds. The number of allylic oxidation sites excluding steroid dienone is 1. The van der Waals surface area contributed by atoms with Gasteiger partial charge in [-0.3, -0.25) is 4.90 Å². The predicted molar refractivity (Wildman–Crippen MR) is 134 cm³/mol. The van der Waals surface area contributed by atoms with Crippen LogP contribution in [-0.2, 0) is 12.8 Å². The third-order valence-electron chi connectivity index (χ3n) is 6.63. The number of benzene rings is 2. The topological polar surface area (TPSA) is 71.3 Å². The molecule has 170 valence electrons. The molecule has 0 fully saturated rings. The molecule has 1 atom stereocenters. The van der Waals surface area contributed by atoms with E-state index in [4.69, 9.17) is 9.51 Å². The van der Waals surface area contributed by atoms with Gasteiger partial charge in [0.2, 0.25) is 5.82 Å². The Morgan fingerprint density at radius 1 is 1.06 bits per heavy atom. The number of fused-ring (bicyclic) bond motifs is 1. The molecule has 1 N–H and O–H groups in total. The van der Waals surface area contributed by atoms with E-state index >= 15 is 0 Å². The number of aryl methyl sites for hydroxylation is 3. The summed E-state index contributed by atoms with van der Waals surface area (Å²) in [5.74, 6) is 0.964. The van der Waals surface area contributed by atoms with E-state index in [-0.39, 0.29) is 6.03 Å². The molecule has 6 nitrogen and oxygen atoms in total. The zero-order chi connectivity index (χ0) is 23.2. The van der Waals surface area contributed by atoms with E-state index in [1.54, 1.807) is 16.2 Å². The molecule has 0 saturated carbocycles. The number of thiophene rings is 1. The highest BCUT2D eigenvalue weighted by atomic mass is 32.1. The van der Waals surface area contributed by atoms with Gasteiger partial charge in [-0.05, 0) is 73.4 Å². The summed E-state index contributed by atoms with van der Waals surface area (Å²) in [7, 11) is 0. The second-order valence-corrected chi connectivity index (χ2v) is 9.78. The SMILES string of the molecule is CC1=C(c2nc(-c3cccs3)no2)C(c2ccc(C)cc2)NC(=O)N1c1ccc2c(c1)CCC2. The molecule has 0 radical (unpaired) electrons. The minimum Gasteiger partial charge on any atom is -0.334 e. The minimum absolute atomic E-state index is 0.164. The van der Waals surface area contributed by atoms with Gasteiger partial charge >= 0.3 is 6.03 Å². The van der Waals surface area contributed by atoms with Crippen LogP contribution in [-0.4, -0.2) is 16.2 Å². The second-order valence-electron chi connectivity index (χ2n) is 8.83. The van der Waals surface area contributed by atoms with Crippen LogP contribution in [0.4, 0.5) is 10.5 Å². The molecule has 34 heavy (non-hydrogen) atoms. The molecule has 2 aromatic carbocycles. The van der Waals surface area contributed by atoms with Gasteiger partial charge in [-0.2, -0.15) is 4.98 Å². The number of carbonyl (C=O) groups is 1. The lowest BCUT2D eigenvalue weighted by atomic mass is 9.93. The smallest absolute Gasteiger partial charge is 0.326 e. The van der Waals surface area contributed by atoms with Crippen molar-refractivity contribution in [2.24, 2.45) is 0 Å². The third kappa shape index (κ3) is 3.53. The second kappa shape index (κ2) is 8.25. The molecule has 1 unspecified atom stereocenters. The number of hydrogen-bond donors (Lipinski definition) is 1. The molecule has 0 bridgehead atoms. The fraction of sp³-hybridized carbons (Fsp3) is 0.222. The Kier molecular flexibility index (Phi) is 5.07. The van der Waals surface area contributed by atoms with Crippen molar-refractivity contribution in [1.82, 2.24) is 15.5 Å². The maximum Gasteiger partial charge on any atom is 0.326 e. The molecular weight excluding hydrogens is 444 g/mol. The van der Waals surface area contributed by atoms with Gasteiger partial charge in [-0.25, -0.2) is 4.79 Å². The standard InChI is InChI=1S/C27H24N4O2S/c1-16-8-10-19(11-9-16)24-23(26-29-25(30-33-26)22-7-4-14-34-22)17(2)31(27(32)28-24)21-13-12-18-5-3-6-20(18)15-21/h4,7-15,24H,3,5-6H2,1-2H3,(H,28,32). The highest BCUT2D eigenvalue weighted by molar-refractivity contribution is 7.13. The van der Waals surface area contributed by atoms with Crippen LogP contribution in [0.1, 0.15) is 47.5 Å². The first-order chi connectivity index (χ1) is 16.6. The number of carbonyl (C=O) groups excluding carboxylic acids is 1. The first-order valence-electron chi connectivity index (χ1n) is 11.5. The summed E-state index contributed by atoms with van der Waals surface area (Å²) in [6.45, 7) is 4.00. The van der Waals surface area contributed by atoms with E-state index in [0.29, 0.717) is 11.7 Å². The van der Waals surface area contributed by atoms with Crippen molar-refractivity contribution in [2.75, 3.05) is 4.90 Å². The highest BCUT2D eigenvalue weighted by Crippen LogP contribution is 2.40. The molecule has 2 aromatic heterocycles. The lowest BCUT2D eigenvalue weighted by Gasteiger charge is -2.35. The number of urea groups is 1. The van der Waals surface area contributed by atoms with Crippen molar-refractivity contribution in [3.63, 3.8) is 0 Å². The summed E-state index contributed by atoms with van der Waals surface area (Å²) in [6.07, 6.45) is 3.31. The molecule has 0 spiro atoms. The number of anilines is 1. The van der Waals surface area contributed by atoms with E-state index in [1.165, 1.54) is 11.1 Å². The quantitative estimate of drug-likeness (QED) is 0.382. The average molecular weight is 469 g/mol. The zero-order valence-corrected chi connectivity index (χ0v) is 19.9. The van der Waals surface area contributed by atoms with Gasteiger partial charge in [0, 0.05) is 5.70 Å². The van der Waals surface area contributed by atoms with Crippen molar-refractivity contribution in [3.8, 4) is 10.7 Å². The van der Waals surface area contributed by atoms with E-state index in [1.807, 2.05) is 61.7 Å². The zero-order valence-electron chi connectivity index (χ0n) is 19.0. The summed E-state index contributed by atoms with van der Waals surface area (Å²) in [5.41, 5.74) is 7.26. The molecule has 4 aromatic rings. The van der Waals surface area contributed by atoms with Gasteiger partial charge in [0.1, 0.15) is 0 Å². The van der Waals surface area contributed by atoms with Crippen molar-refractivity contribution in [2.45, 2.75) is 39.2 Å². The molecule has 3 heterocycles. The summed E-state index contributed by atoms with van der Waals surface area (Å²) in [4.78, 5) is 20.8. The predicted octanol–water partition coefficient (Wildman–Crippen LogP) is 6.30. The lowest BCUT2D eigenvalue weighted by Crippen LogP contribution is -2.46. The van der Waals surface area contributed by atoms with E-state index in [0.717, 1.165) is 52.2 Å². The fourth-order valence-electron chi connectivity index (χ4n) is 4.88. The van der Waals surface area contributed by atoms with Gasteiger partial charge in [0.25, 0.3) is 5.89 Å². The Morgan fingerprint density at radius 2 is 1.88 bits per heavy atom. The Labute approximate surface area is 201 Å². The normalized spacial score (nSPS) is 17.8. The average Bonchev–Trinajstić information content (AvgIpc) is 3.60. The van der Waals surface area contributed by atoms with Crippen LogP contribution in [0.2, 0.25) is 0 Å². The van der Waals surface area contributed by atoms with Crippen LogP contribution >= 0.6 is 11.3 Å². The minimum atomic E-state index is -0.393. The Bertz CT molecular complexity index is 1400. The number of aromatic nitrogens is 2. The monoisotopic (exact) mass is 468 g/mol. The van der Waals surface area contributed by atoms with Gasteiger partial charge < -0.3 is 9.84 Å². The number of rotatable bonds is 4. The van der Waals surface area contributed by atoms with Crippen molar-refractivity contribution in [3.05, 3.63) is 93.8 Å². The van der Waals surface area contributed by atoms with Crippen LogP contribution in [0.5, 0.6) is 0 Å². The maximum absolute atomic E-state index is 13.4. The van der Waals surface area contributed by atoms with Gasteiger partial charge in [-0.15, -0.1) is 11.3 Å². The number of hydrogen-bond acceptors (Lipinski definition) is 5. The van der Waals surface area contributed by atoms with Crippen molar-refractivity contribution < 1.29 is 9.32 Å². The molecule has 1 aliphatic heterocycles. The number of amides is 2. The summed E-state index contributed by atoms with van der Waals surface area (Å²) >= 11 is 1.56. The Morgan fingerprint density at radius 3 is 2.68 bits per heavy atom. The van der Waals surface area contributed by atoms with Crippen molar-refractivity contribution >= 4 is 28.6 Å². The van der Waals surface area contributed by atoms with Crippen molar-refractivity contribution in [1.29, 1.82) is 0 Å². The van der Waals surface area contributed by atoms with Gasteiger partial charge in [-0.1, -0.05) is 47.1 Å². The summed E-state index contributed by atoms with van der Waals surface area (Å²) < 4.78 is 5.78. The van der Waals surface area contributed by atoms with Gasteiger partial charge in [0.05, 0.1) is 22.2 Å².